The summed E-state index contributed by atoms with van der Waals surface area (Å²) in [7, 11) is 0. The summed E-state index contributed by atoms with van der Waals surface area (Å²) in [6.45, 7) is 5.91. The molecule has 0 saturated heterocycles. The van der Waals surface area contributed by atoms with Crippen LogP contribution < -0.4 is 10.1 Å². The molecule has 62 heavy (non-hydrogen) atoms. The van der Waals surface area contributed by atoms with E-state index in [9.17, 15) is 30.0 Å². The van der Waals surface area contributed by atoms with Gasteiger partial charge in [0.05, 0.1) is 25.0 Å². The topological polar surface area (TPSA) is 163 Å². The van der Waals surface area contributed by atoms with E-state index in [-0.39, 0.29) is 61.5 Å². The molecular formula is C52H63NO9. The molecule has 3 heterocycles. The van der Waals surface area contributed by atoms with Gasteiger partial charge in [-0.15, -0.1) is 0 Å². The Morgan fingerprint density at radius 1 is 0.935 bits per heavy atom. The summed E-state index contributed by atoms with van der Waals surface area (Å²) < 4.78 is 12.3. The number of phenolic OH excluding ortho intramolecular Hbond substituents is 1. The van der Waals surface area contributed by atoms with Gasteiger partial charge in [0.1, 0.15) is 29.0 Å². The fourth-order valence-corrected chi connectivity index (χ4v) is 10.1. The Kier molecular flexibility index (Phi) is 14.6. The maximum Gasteiger partial charge on any atom is 0.334 e. The molecule has 1 fully saturated rings. The number of esters is 2. The molecule has 0 spiro atoms. The summed E-state index contributed by atoms with van der Waals surface area (Å²) in [4.78, 5) is 41.6. The lowest BCUT2D eigenvalue weighted by Gasteiger charge is -2.45. The number of aliphatic hydroxyl groups is 3. The van der Waals surface area contributed by atoms with Crippen molar-refractivity contribution in [1.29, 1.82) is 0 Å². The van der Waals surface area contributed by atoms with Gasteiger partial charge in [0, 0.05) is 54.1 Å². The highest BCUT2D eigenvalue weighted by Crippen LogP contribution is 2.45. The second-order valence-electron chi connectivity index (χ2n) is 18.1. The SMILES string of the molecule is CCCCCc1c(CO)cc(C2C#CC3CC(=O)Oc4cc(O)c(cc43)CC3OC(=O)C(=CCCc4cccc(c4)CC4CC(CCC4=O)C3(O)CCC)C2)cc1NCC(C)O. The Bertz CT molecular complexity index is 2230. The molecule has 0 amide bonds. The van der Waals surface area contributed by atoms with Crippen molar-refractivity contribution in [3.8, 4) is 23.3 Å². The molecule has 7 atom stereocenters. The van der Waals surface area contributed by atoms with Crippen LogP contribution in [0.3, 0.4) is 0 Å². The number of allylic oxidation sites excluding steroid dienone is 1. The lowest BCUT2D eigenvalue weighted by atomic mass is 9.66. The van der Waals surface area contributed by atoms with Crippen LogP contribution in [-0.2, 0) is 51.4 Å². The highest BCUT2D eigenvalue weighted by atomic mass is 16.6. The second kappa shape index (κ2) is 20.0. The van der Waals surface area contributed by atoms with Crippen molar-refractivity contribution in [2.75, 3.05) is 11.9 Å². The van der Waals surface area contributed by atoms with Crippen LogP contribution in [0.4, 0.5) is 5.69 Å². The molecule has 0 aromatic heterocycles. The Balaban J connectivity index is 1.42. The van der Waals surface area contributed by atoms with Crippen LogP contribution in [0.5, 0.6) is 11.5 Å². The maximum atomic E-state index is 15.0. The monoisotopic (exact) mass is 845 g/mol. The fraction of sp³-hybridized carbons (Fsp3) is 0.519. The third-order valence-electron chi connectivity index (χ3n) is 13.5. The van der Waals surface area contributed by atoms with E-state index in [2.05, 4.69) is 42.3 Å². The molecule has 330 valence electrons. The number of unbranched alkanes of at least 4 members (excludes halogenated alkanes) is 2. The molecule has 7 rings (SSSR count). The average molecular weight is 846 g/mol. The van der Waals surface area contributed by atoms with Crippen LogP contribution in [-0.4, -0.2) is 62.5 Å². The number of phenols is 1. The molecule has 5 N–H and O–H groups in total. The summed E-state index contributed by atoms with van der Waals surface area (Å²) >= 11 is 0. The van der Waals surface area contributed by atoms with Crippen LogP contribution in [0.15, 0.2) is 60.2 Å². The van der Waals surface area contributed by atoms with Crippen LogP contribution >= 0.6 is 0 Å². The Morgan fingerprint density at radius 3 is 2.52 bits per heavy atom. The third kappa shape index (κ3) is 10.3. The number of aliphatic hydroxyl groups excluding tert-OH is 2. The number of hydrogen-bond donors (Lipinski definition) is 5. The smallest absolute Gasteiger partial charge is 0.334 e. The maximum absolute atomic E-state index is 15.0. The van der Waals surface area contributed by atoms with Gasteiger partial charge in [0.15, 0.2) is 0 Å². The number of carbonyl (C=O) groups is 3. The predicted molar refractivity (Wildman–Crippen MR) is 238 cm³/mol. The predicted octanol–water partition coefficient (Wildman–Crippen LogP) is 8.08. The van der Waals surface area contributed by atoms with Gasteiger partial charge in [-0.3, -0.25) is 9.59 Å². The molecule has 3 aromatic carbocycles. The van der Waals surface area contributed by atoms with E-state index in [0.29, 0.717) is 68.1 Å². The molecule has 0 radical (unpaired) electrons. The fourth-order valence-electron chi connectivity index (χ4n) is 10.1. The second-order valence-corrected chi connectivity index (χ2v) is 18.1. The highest BCUT2D eigenvalue weighted by Gasteiger charge is 2.49. The van der Waals surface area contributed by atoms with Crippen molar-refractivity contribution < 1.29 is 44.3 Å². The van der Waals surface area contributed by atoms with Crippen molar-refractivity contribution in [2.45, 2.75) is 153 Å². The molecule has 3 aromatic rings. The number of benzene rings is 3. The van der Waals surface area contributed by atoms with Crippen molar-refractivity contribution in [2.24, 2.45) is 11.8 Å². The first-order chi connectivity index (χ1) is 29.9. The molecule has 10 nitrogen and oxygen atoms in total. The number of hydrogen-bond acceptors (Lipinski definition) is 10. The van der Waals surface area contributed by atoms with Gasteiger partial charge < -0.3 is 35.2 Å². The average Bonchev–Trinajstić information content (AvgIpc) is 3.25. The summed E-state index contributed by atoms with van der Waals surface area (Å²) in [6.07, 6.45) is 7.77. The van der Waals surface area contributed by atoms with Crippen LogP contribution in [0.2, 0.25) is 0 Å². The van der Waals surface area contributed by atoms with Crippen LogP contribution in [0, 0.1) is 23.7 Å². The lowest BCUT2D eigenvalue weighted by molar-refractivity contribution is -0.176. The van der Waals surface area contributed by atoms with Crippen molar-refractivity contribution in [1.82, 2.24) is 0 Å². The first-order valence-electron chi connectivity index (χ1n) is 22.9. The van der Waals surface area contributed by atoms with Gasteiger partial charge in [0.25, 0.3) is 0 Å². The first-order valence-corrected chi connectivity index (χ1v) is 22.9. The lowest BCUT2D eigenvalue weighted by Crippen LogP contribution is -2.54. The van der Waals surface area contributed by atoms with E-state index in [0.717, 1.165) is 59.2 Å². The number of ketones is 1. The van der Waals surface area contributed by atoms with Gasteiger partial charge in [-0.05, 0) is 116 Å². The molecule has 8 bridgehead atoms. The standard InChI is InChI=1S/C52H63NO9/c1-4-6-7-14-43-41(31-54)23-38(26-45(43)53-30-32(3)55)35-15-16-36-28-50(58)61-48-29-47(57)40(25-44(36)48)27-49-52(60,19-5-2)42-17-18-46(56)39(24-42)21-34-12-8-10-33(20-34)11-9-13-37(22-35)51(59)62-49/h8,10,12-13,20,23,25-26,29,32,35-36,39,42,49,53-55,57,60H,4-7,9,11,14,17-19,21-22,24,27-28,30-31H2,1-3H3. The Hall–Kier alpha value is -4.95. The molecule has 1 saturated carbocycles. The molecule has 7 unspecified atom stereocenters. The van der Waals surface area contributed by atoms with E-state index >= 15 is 4.79 Å². The number of ether oxygens (including phenoxy) is 2. The van der Waals surface area contributed by atoms with Gasteiger partial charge in [-0.2, -0.15) is 0 Å². The normalized spacial score (nSPS) is 25.5. The summed E-state index contributed by atoms with van der Waals surface area (Å²) in [5, 5.41) is 49.2. The molecule has 10 heteroatoms. The zero-order chi connectivity index (χ0) is 44.0. The highest BCUT2D eigenvalue weighted by molar-refractivity contribution is 5.89. The minimum atomic E-state index is -1.55. The molecule has 3 aliphatic heterocycles. The van der Waals surface area contributed by atoms with E-state index in [1.165, 1.54) is 6.07 Å². The van der Waals surface area contributed by atoms with Crippen molar-refractivity contribution in [3.05, 3.63) is 99.1 Å². The van der Waals surface area contributed by atoms with Crippen LogP contribution in [0.25, 0.3) is 0 Å². The van der Waals surface area contributed by atoms with Gasteiger partial charge in [-0.25, -0.2) is 4.79 Å². The van der Waals surface area contributed by atoms with Crippen LogP contribution in [0.1, 0.15) is 142 Å². The Morgan fingerprint density at radius 2 is 1.74 bits per heavy atom. The van der Waals surface area contributed by atoms with E-state index in [1.807, 2.05) is 31.2 Å². The van der Waals surface area contributed by atoms with Gasteiger partial charge in [-0.1, -0.05) is 81.4 Å². The zero-order valence-electron chi connectivity index (χ0n) is 36.5. The number of rotatable bonds is 11. The van der Waals surface area contributed by atoms with E-state index < -0.39 is 41.6 Å². The number of Topliss-reactive ketones (excluding diaryl/α,β-unsaturated/α-hetero) is 1. The zero-order valence-corrected chi connectivity index (χ0v) is 36.5. The Labute approximate surface area is 366 Å². The first kappa shape index (κ1) is 45.1. The number of fused-ring (bicyclic) bond motifs is 8. The number of nitrogens with one attached hydrogen (secondary N) is 1. The summed E-state index contributed by atoms with van der Waals surface area (Å²) in [5.41, 5.74) is 5.27. The minimum Gasteiger partial charge on any atom is -0.508 e. The molecule has 1 aliphatic carbocycles. The number of aryl methyl sites for hydroxylation is 1. The molecular weight excluding hydrogens is 783 g/mol. The number of anilines is 1. The third-order valence-corrected chi connectivity index (χ3v) is 13.5. The largest absolute Gasteiger partial charge is 0.508 e. The minimum absolute atomic E-state index is 0.0142. The van der Waals surface area contributed by atoms with Crippen molar-refractivity contribution in [3.63, 3.8) is 0 Å². The van der Waals surface area contributed by atoms with Gasteiger partial charge >= 0.3 is 11.9 Å². The molecule has 4 aliphatic rings. The quantitative estimate of drug-likeness (QED) is 0.0552. The summed E-state index contributed by atoms with van der Waals surface area (Å²) in [5.74, 6) is 4.16. The number of aromatic hydroxyl groups is 1. The van der Waals surface area contributed by atoms with Crippen molar-refractivity contribution >= 4 is 23.4 Å². The van der Waals surface area contributed by atoms with E-state index in [4.69, 9.17) is 9.47 Å². The van der Waals surface area contributed by atoms with Gasteiger partial charge in [0.2, 0.25) is 0 Å². The van der Waals surface area contributed by atoms with E-state index in [1.54, 1.807) is 13.0 Å². The number of carbonyl (C=O) groups excluding carboxylic acids is 3. The summed E-state index contributed by atoms with van der Waals surface area (Å²) in [6, 6.07) is 15.4.